The van der Waals surface area contributed by atoms with Crippen LogP contribution >= 0.6 is 0 Å². The number of amides is 1. The highest BCUT2D eigenvalue weighted by Crippen LogP contribution is 2.32. The summed E-state index contributed by atoms with van der Waals surface area (Å²) in [5.74, 6) is -1.73. The average Bonchev–Trinajstić information content (AvgIpc) is 3.31. The molecule has 0 radical (unpaired) electrons. The van der Waals surface area contributed by atoms with E-state index in [0.717, 1.165) is 11.3 Å². The normalized spacial score (nSPS) is 16.1. The van der Waals surface area contributed by atoms with E-state index in [0.29, 0.717) is 24.3 Å². The summed E-state index contributed by atoms with van der Waals surface area (Å²) in [5.41, 5.74) is 2.59. The van der Waals surface area contributed by atoms with Crippen molar-refractivity contribution in [2.24, 2.45) is 0 Å². The first-order valence-electron chi connectivity index (χ1n) is 8.94. The number of hydrogen-bond acceptors (Lipinski definition) is 3. The van der Waals surface area contributed by atoms with E-state index >= 15 is 0 Å². The van der Waals surface area contributed by atoms with E-state index in [1.807, 2.05) is 6.92 Å². The average molecular weight is 382 g/mol. The van der Waals surface area contributed by atoms with Crippen molar-refractivity contribution in [3.05, 3.63) is 76.6 Å². The zero-order valence-corrected chi connectivity index (χ0v) is 15.2. The Morgan fingerprint density at radius 2 is 2.04 bits per heavy atom. The van der Waals surface area contributed by atoms with Crippen molar-refractivity contribution in [2.45, 2.75) is 25.9 Å². The number of nitrogens with one attached hydrogen (secondary N) is 1. The zero-order chi connectivity index (χ0) is 19.8. The summed E-state index contributed by atoms with van der Waals surface area (Å²) in [7, 11) is 0. The molecule has 144 valence electrons. The maximum atomic E-state index is 13.2. The lowest BCUT2D eigenvalue weighted by atomic mass is 9.95. The summed E-state index contributed by atoms with van der Waals surface area (Å²) in [6.45, 7) is 2.92. The molecule has 3 aromatic rings. The molecule has 0 spiro atoms. The van der Waals surface area contributed by atoms with Crippen LogP contribution in [0.2, 0.25) is 0 Å². The van der Waals surface area contributed by atoms with Crippen LogP contribution in [0.25, 0.3) is 0 Å². The van der Waals surface area contributed by atoms with Gasteiger partial charge in [-0.2, -0.15) is 5.10 Å². The van der Waals surface area contributed by atoms with Gasteiger partial charge in [-0.25, -0.2) is 9.18 Å². The number of rotatable bonds is 4. The Bertz CT molecular complexity index is 1020. The predicted octanol–water partition coefficient (Wildman–Crippen LogP) is 2.86. The molecule has 1 amide bonds. The van der Waals surface area contributed by atoms with Gasteiger partial charge in [0.2, 0.25) is 0 Å². The number of aromatic amines is 1. The molecule has 1 unspecified atom stereocenters. The second-order valence-electron chi connectivity index (χ2n) is 6.97. The molecule has 2 aromatic heterocycles. The molecule has 8 heteroatoms. The van der Waals surface area contributed by atoms with Crippen LogP contribution < -0.4 is 0 Å². The van der Waals surface area contributed by atoms with Crippen molar-refractivity contribution >= 4 is 11.9 Å². The highest BCUT2D eigenvalue weighted by molar-refractivity contribution is 5.93. The first-order chi connectivity index (χ1) is 13.4. The highest BCUT2D eigenvalue weighted by atomic mass is 19.1. The van der Waals surface area contributed by atoms with Crippen molar-refractivity contribution in [3.8, 4) is 0 Å². The van der Waals surface area contributed by atoms with E-state index in [-0.39, 0.29) is 29.9 Å². The van der Waals surface area contributed by atoms with Crippen molar-refractivity contribution in [3.63, 3.8) is 0 Å². The third-order valence-corrected chi connectivity index (χ3v) is 4.97. The summed E-state index contributed by atoms with van der Waals surface area (Å²) in [5, 5.41) is 13.9. The number of carbonyl (C=O) groups excluding carboxylic acids is 1. The summed E-state index contributed by atoms with van der Waals surface area (Å²) >= 11 is 0. The maximum Gasteiger partial charge on any atom is 0.356 e. The summed E-state index contributed by atoms with van der Waals surface area (Å²) in [6, 6.07) is 9.47. The van der Waals surface area contributed by atoms with E-state index in [9.17, 15) is 19.1 Å². The van der Waals surface area contributed by atoms with Crippen LogP contribution in [0.4, 0.5) is 4.39 Å². The Hall–Kier alpha value is -3.42. The van der Waals surface area contributed by atoms with Gasteiger partial charge in [0.25, 0.3) is 5.91 Å². The number of carboxylic acid groups (broad SMARTS) is 1. The summed E-state index contributed by atoms with van der Waals surface area (Å²) < 4.78 is 14.8. The second-order valence-corrected chi connectivity index (χ2v) is 6.97. The van der Waals surface area contributed by atoms with Crippen LogP contribution in [0.3, 0.4) is 0 Å². The topological polar surface area (TPSA) is 91.2 Å². The molecule has 1 aliphatic rings. The number of nitrogens with zero attached hydrogens (tertiary/aromatic N) is 3. The monoisotopic (exact) mass is 382 g/mol. The van der Waals surface area contributed by atoms with Gasteiger partial charge in [0.1, 0.15) is 11.5 Å². The number of fused-ring (bicyclic) bond motifs is 1. The standard InChI is InChI=1S/C20H19FN4O3/c1-12-9-24(19(26)16-3-2-8-22-16)11-15-17(20(27)28)23-25(18(12)15)10-13-4-6-14(21)7-5-13/h2-8,12,22H,9-11H2,1H3,(H,27,28). The minimum absolute atomic E-state index is 0.0482. The van der Waals surface area contributed by atoms with E-state index in [1.165, 1.54) is 12.1 Å². The molecular formula is C20H19FN4O3. The molecule has 28 heavy (non-hydrogen) atoms. The maximum absolute atomic E-state index is 13.2. The number of aromatic carboxylic acids is 1. The number of H-pyrrole nitrogens is 1. The second kappa shape index (κ2) is 6.95. The molecule has 0 aliphatic carbocycles. The molecule has 0 bridgehead atoms. The van der Waals surface area contributed by atoms with E-state index in [4.69, 9.17) is 0 Å². The smallest absolute Gasteiger partial charge is 0.356 e. The van der Waals surface area contributed by atoms with Crippen LogP contribution in [-0.4, -0.2) is 43.2 Å². The van der Waals surface area contributed by atoms with Crippen LogP contribution in [0.15, 0.2) is 42.6 Å². The predicted molar refractivity (Wildman–Crippen MR) is 98.6 cm³/mol. The first-order valence-corrected chi connectivity index (χ1v) is 8.94. The molecule has 1 atom stereocenters. The quantitative estimate of drug-likeness (QED) is 0.726. The Kier molecular flexibility index (Phi) is 4.46. The van der Waals surface area contributed by atoms with E-state index < -0.39 is 5.97 Å². The molecular weight excluding hydrogens is 363 g/mol. The molecule has 3 heterocycles. The first kappa shape index (κ1) is 18.0. The molecule has 1 aliphatic heterocycles. The molecule has 7 nitrogen and oxygen atoms in total. The Morgan fingerprint density at radius 1 is 1.29 bits per heavy atom. The lowest BCUT2D eigenvalue weighted by molar-refractivity contribution is 0.0669. The van der Waals surface area contributed by atoms with Crippen molar-refractivity contribution in [2.75, 3.05) is 6.54 Å². The number of aromatic nitrogens is 3. The number of halogens is 1. The number of benzene rings is 1. The summed E-state index contributed by atoms with van der Waals surface area (Å²) in [4.78, 5) is 29.0. The fourth-order valence-corrected chi connectivity index (χ4v) is 3.74. The van der Waals surface area contributed by atoms with Gasteiger partial charge in [0.05, 0.1) is 13.1 Å². The van der Waals surface area contributed by atoms with Crippen molar-refractivity contribution < 1.29 is 19.1 Å². The molecule has 0 saturated carbocycles. The highest BCUT2D eigenvalue weighted by Gasteiger charge is 2.34. The third-order valence-electron chi connectivity index (χ3n) is 4.97. The van der Waals surface area contributed by atoms with Crippen LogP contribution in [0.5, 0.6) is 0 Å². The van der Waals surface area contributed by atoms with Gasteiger partial charge in [-0.05, 0) is 29.8 Å². The van der Waals surface area contributed by atoms with E-state index in [2.05, 4.69) is 10.1 Å². The number of hydrogen-bond donors (Lipinski definition) is 2. The fourth-order valence-electron chi connectivity index (χ4n) is 3.74. The van der Waals surface area contributed by atoms with Gasteiger partial charge < -0.3 is 15.0 Å². The molecule has 0 saturated heterocycles. The van der Waals surface area contributed by atoms with E-state index in [1.54, 1.807) is 40.0 Å². The summed E-state index contributed by atoms with van der Waals surface area (Å²) in [6.07, 6.45) is 1.68. The van der Waals surface area contributed by atoms with Gasteiger partial charge in [0.15, 0.2) is 5.69 Å². The van der Waals surface area contributed by atoms with Crippen molar-refractivity contribution in [1.29, 1.82) is 0 Å². The van der Waals surface area contributed by atoms with Crippen LogP contribution in [0.1, 0.15) is 50.6 Å². The van der Waals surface area contributed by atoms with Gasteiger partial charge in [-0.3, -0.25) is 9.48 Å². The number of carbonyl (C=O) groups is 2. The third kappa shape index (κ3) is 3.17. The molecule has 0 fully saturated rings. The van der Waals surface area contributed by atoms with Gasteiger partial charge >= 0.3 is 5.97 Å². The molecule has 1 aromatic carbocycles. The number of carboxylic acids is 1. The van der Waals surface area contributed by atoms with Gasteiger partial charge in [0, 0.05) is 29.9 Å². The van der Waals surface area contributed by atoms with Crippen LogP contribution in [-0.2, 0) is 13.1 Å². The van der Waals surface area contributed by atoms with Crippen molar-refractivity contribution in [1.82, 2.24) is 19.7 Å². The molecule has 4 rings (SSSR count). The Labute approximate surface area is 160 Å². The Balaban J connectivity index is 1.69. The zero-order valence-electron chi connectivity index (χ0n) is 15.2. The minimum atomic E-state index is -1.13. The lowest BCUT2D eigenvalue weighted by Gasteiger charge is -2.31. The fraction of sp³-hybridized carbons (Fsp3) is 0.250. The Morgan fingerprint density at radius 3 is 2.68 bits per heavy atom. The van der Waals surface area contributed by atoms with Gasteiger partial charge in [-0.15, -0.1) is 0 Å². The van der Waals surface area contributed by atoms with Crippen LogP contribution in [0, 0.1) is 5.82 Å². The minimum Gasteiger partial charge on any atom is -0.476 e. The lowest BCUT2D eigenvalue weighted by Crippen LogP contribution is -2.38. The largest absolute Gasteiger partial charge is 0.476 e. The van der Waals surface area contributed by atoms with Gasteiger partial charge in [-0.1, -0.05) is 19.1 Å². The SMILES string of the molecule is CC1CN(C(=O)c2ccc[nH]2)Cc2c(C(=O)O)nn(Cc3ccc(F)cc3)c21. The molecule has 2 N–H and O–H groups in total.